The number of alkyl halides is 6. The number of rotatable bonds is 4. The summed E-state index contributed by atoms with van der Waals surface area (Å²) in [5, 5.41) is 14.2. The van der Waals surface area contributed by atoms with Gasteiger partial charge in [0.25, 0.3) is 5.88 Å². The summed E-state index contributed by atoms with van der Waals surface area (Å²) in [6.07, 6.45) is -2.91. The molecule has 1 atom stereocenters. The molecule has 0 bridgehead atoms. The van der Waals surface area contributed by atoms with E-state index in [9.17, 15) is 30.7 Å². The largest absolute Gasteiger partial charge is 0.490 e. The van der Waals surface area contributed by atoms with Crippen molar-refractivity contribution in [3.05, 3.63) is 24.1 Å². The van der Waals surface area contributed by atoms with Crippen LogP contribution in [0.15, 0.2) is 18.3 Å². The van der Waals surface area contributed by atoms with Crippen molar-refractivity contribution in [2.24, 2.45) is 5.92 Å². The molecule has 36 heavy (non-hydrogen) atoms. The number of hydrogen-bond donors (Lipinski definition) is 2. The molecule has 3 heterocycles. The van der Waals surface area contributed by atoms with Gasteiger partial charge < -0.3 is 24.6 Å². The molecule has 4 rings (SSSR count). The summed E-state index contributed by atoms with van der Waals surface area (Å²) in [4.78, 5) is 24.3. The highest BCUT2D eigenvalue weighted by atomic mass is 19.4. The quantitative estimate of drug-likeness (QED) is 0.560. The van der Waals surface area contributed by atoms with Crippen LogP contribution in [0.25, 0.3) is 0 Å². The number of piperidine rings is 1. The summed E-state index contributed by atoms with van der Waals surface area (Å²) in [7, 11) is 0. The van der Waals surface area contributed by atoms with E-state index in [1.165, 1.54) is 25.5 Å². The number of pyridine rings is 1. The fourth-order valence-electron chi connectivity index (χ4n) is 3.65. The number of halogens is 7. The molecule has 15 heteroatoms. The van der Waals surface area contributed by atoms with Gasteiger partial charge in [-0.2, -0.15) is 26.3 Å². The Hall–Kier alpha value is -2.68. The van der Waals surface area contributed by atoms with Crippen LogP contribution < -0.4 is 4.74 Å². The third kappa shape index (κ3) is 9.76. The number of aliphatic carboxylic acids is 2. The number of aromatic nitrogens is 1. The second kappa shape index (κ2) is 12.0. The molecular weight excluding hydrogens is 509 g/mol. The molecule has 0 amide bonds. The second-order valence-electron chi connectivity index (χ2n) is 8.58. The number of carboxylic acids is 2. The lowest BCUT2D eigenvalue weighted by atomic mass is 9.88. The number of ether oxygens (including phenoxy) is 2. The van der Waals surface area contributed by atoms with Crippen LogP contribution in [-0.2, 0) is 14.3 Å². The van der Waals surface area contributed by atoms with E-state index in [1.54, 1.807) is 12.3 Å². The molecule has 1 aromatic heterocycles. The van der Waals surface area contributed by atoms with Crippen molar-refractivity contribution in [1.29, 1.82) is 0 Å². The third-order valence-corrected chi connectivity index (χ3v) is 5.64. The first-order valence-electron chi connectivity index (χ1n) is 10.8. The Labute approximate surface area is 201 Å². The van der Waals surface area contributed by atoms with Crippen molar-refractivity contribution < 1.29 is 60.0 Å². The van der Waals surface area contributed by atoms with E-state index in [0.717, 1.165) is 38.3 Å². The summed E-state index contributed by atoms with van der Waals surface area (Å²) in [5.41, 5.74) is -0.0595. The highest BCUT2D eigenvalue weighted by Gasteiger charge is 2.44. The van der Waals surface area contributed by atoms with Crippen molar-refractivity contribution in [3.63, 3.8) is 0 Å². The zero-order chi connectivity index (χ0) is 27.1. The molecule has 0 aromatic carbocycles. The molecule has 2 N–H and O–H groups in total. The Kier molecular flexibility index (Phi) is 9.88. The van der Waals surface area contributed by atoms with Crippen LogP contribution >= 0.6 is 0 Å². The van der Waals surface area contributed by atoms with Gasteiger partial charge in [0.05, 0.1) is 12.2 Å². The fourth-order valence-corrected chi connectivity index (χ4v) is 3.65. The van der Waals surface area contributed by atoms with Gasteiger partial charge >= 0.3 is 24.3 Å². The molecule has 1 saturated carbocycles. The fraction of sp³-hybridized carbons (Fsp3) is 0.667. The number of nitrogens with zero attached hydrogens (tertiary/aromatic N) is 2. The molecular formula is C21H25F7N2O6. The van der Waals surface area contributed by atoms with Crippen LogP contribution in [0, 0.1) is 11.7 Å². The smallest absolute Gasteiger partial charge is 0.475 e. The molecule has 2 saturated heterocycles. The topological polar surface area (TPSA) is 109 Å². The van der Waals surface area contributed by atoms with E-state index < -0.39 is 30.1 Å². The van der Waals surface area contributed by atoms with Crippen LogP contribution in [0.3, 0.4) is 0 Å². The zero-order valence-electron chi connectivity index (χ0n) is 18.8. The Morgan fingerprint density at radius 2 is 1.61 bits per heavy atom. The van der Waals surface area contributed by atoms with Crippen molar-refractivity contribution in [3.8, 4) is 5.88 Å². The maximum atomic E-state index is 13.6. The van der Waals surface area contributed by atoms with Crippen LogP contribution in [0.2, 0.25) is 0 Å². The van der Waals surface area contributed by atoms with E-state index in [2.05, 4.69) is 9.88 Å². The van der Waals surface area contributed by atoms with Crippen LogP contribution in [-0.4, -0.2) is 82.3 Å². The Bertz CT molecular complexity index is 860. The van der Waals surface area contributed by atoms with Gasteiger partial charge in [-0.1, -0.05) is 0 Å². The van der Waals surface area contributed by atoms with Gasteiger partial charge in [0.15, 0.2) is 5.82 Å². The van der Waals surface area contributed by atoms with Crippen LogP contribution in [0.5, 0.6) is 5.88 Å². The standard InChI is InChI=1S/C17H23FN2O2.2C2HF3O2/c18-15-2-1-7-19-16(15)22-14-10-17(21-12-14)5-8-20(9-6-17)11-13-3-4-13;2*3-2(4,5)1(6)7/h1-2,7,13-14H,3-6,8-12H2;2*(H,6,7). The zero-order valence-corrected chi connectivity index (χ0v) is 18.8. The van der Waals surface area contributed by atoms with Gasteiger partial charge in [-0.15, -0.1) is 0 Å². The van der Waals surface area contributed by atoms with Crippen molar-refractivity contribution in [2.45, 2.75) is 56.2 Å². The summed E-state index contributed by atoms with van der Waals surface area (Å²) >= 11 is 0. The predicted molar refractivity (Wildman–Crippen MR) is 108 cm³/mol. The molecule has 1 aliphatic carbocycles. The average molecular weight is 534 g/mol. The Morgan fingerprint density at radius 3 is 2.06 bits per heavy atom. The molecule has 1 unspecified atom stereocenters. The number of hydrogen-bond acceptors (Lipinski definition) is 6. The number of carbonyl (C=O) groups is 2. The van der Waals surface area contributed by atoms with E-state index in [4.69, 9.17) is 29.3 Å². The van der Waals surface area contributed by atoms with Crippen LogP contribution in [0.4, 0.5) is 30.7 Å². The van der Waals surface area contributed by atoms with Gasteiger partial charge in [-0.05, 0) is 43.7 Å². The molecule has 8 nitrogen and oxygen atoms in total. The Morgan fingerprint density at radius 1 is 1.08 bits per heavy atom. The maximum absolute atomic E-state index is 13.6. The SMILES string of the molecule is Fc1cccnc1OC1COC2(CCN(CC3CC3)CC2)C1.O=C(O)C(F)(F)F.O=C(O)C(F)(F)F. The van der Waals surface area contributed by atoms with E-state index in [-0.39, 0.29) is 17.6 Å². The van der Waals surface area contributed by atoms with Crippen molar-refractivity contribution >= 4 is 11.9 Å². The molecule has 0 radical (unpaired) electrons. The van der Waals surface area contributed by atoms with Gasteiger partial charge in [0.2, 0.25) is 0 Å². The van der Waals surface area contributed by atoms with Gasteiger partial charge in [0, 0.05) is 32.3 Å². The average Bonchev–Trinajstić information content (AvgIpc) is 3.51. The molecule has 1 aromatic rings. The third-order valence-electron chi connectivity index (χ3n) is 5.64. The minimum absolute atomic E-state index is 0.0595. The molecule has 3 aliphatic rings. The van der Waals surface area contributed by atoms with Gasteiger partial charge in [-0.25, -0.2) is 19.0 Å². The first-order chi connectivity index (χ1) is 16.6. The highest BCUT2D eigenvalue weighted by molar-refractivity contribution is 5.73. The minimum atomic E-state index is -5.08. The molecule has 204 valence electrons. The molecule has 3 fully saturated rings. The lowest BCUT2D eigenvalue weighted by Gasteiger charge is -2.38. The molecule has 1 spiro atoms. The summed E-state index contributed by atoms with van der Waals surface area (Å²) < 4.78 is 88.9. The van der Waals surface area contributed by atoms with Crippen molar-refractivity contribution in [1.82, 2.24) is 9.88 Å². The first kappa shape index (κ1) is 29.5. The lowest BCUT2D eigenvalue weighted by Crippen LogP contribution is -2.45. The number of carboxylic acid groups (broad SMARTS) is 2. The second-order valence-corrected chi connectivity index (χ2v) is 8.58. The first-order valence-corrected chi connectivity index (χ1v) is 10.8. The Balaban J connectivity index is 0.000000271. The summed E-state index contributed by atoms with van der Waals surface area (Å²) in [6.45, 7) is 4.02. The van der Waals surface area contributed by atoms with E-state index >= 15 is 0 Å². The van der Waals surface area contributed by atoms with E-state index in [1.807, 2.05) is 0 Å². The lowest BCUT2D eigenvalue weighted by molar-refractivity contribution is -0.193. The monoisotopic (exact) mass is 534 g/mol. The van der Waals surface area contributed by atoms with Crippen LogP contribution in [0.1, 0.15) is 32.1 Å². The normalized spacial score (nSPS) is 21.6. The van der Waals surface area contributed by atoms with Crippen molar-refractivity contribution in [2.75, 3.05) is 26.2 Å². The van der Waals surface area contributed by atoms with E-state index in [0.29, 0.717) is 6.61 Å². The predicted octanol–water partition coefficient (Wildman–Crippen LogP) is 3.90. The van der Waals surface area contributed by atoms with Gasteiger partial charge in [0.1, 0.15) is 6.10 Å². The van der Waals surface area contributed by atoms with Gasteiger partial charge in [-0.3, -0.25) is 0 Å². The molecule has 2 aliphatic heterocycles. The number of likely N-dealkylation sites (tertiary alicyclic amines) is 1. The maximum Gasteiger partial charge on any atom is 0.490 e. The highest BCUT2D eigenvalue weighted by Crippen LogP contribution is 2.38. The minimum Gasteiger partial charge on any atom is -0.475 e. The summed E-state index contributed by atoms with van der Waals surface area (Å²) in [5.74, 6) is -4.87. The summed E-state index contributed by atoms with van der Waals surface area (Å²) in [6, 6.07) is 2.95.